The van der Waals surface area contributed by atoms with Gasteiger partial charge in [-0.3, -0.25) is 0 Å². The summed E-state index contributed by atoms with van der Waals surface area (Å²) < 4.78 is 5.33. The Hall–Kier alpha value is -6.77. The fourth-order valence-electron chi connectivity index (χ4n) is 7.52. The molecule has 8 nitrogen and oxygen atoms in total. The number of tetrazole rings is 1. The van der Waals surface area contributed by atoms with Crippen LogP contribution in [0.15, 0.2) is 181 Å². The monoisotopic (exact) mass is 693 g/mol. The van der Waals surface area contributed by atoms with Gasteiger partial charge in [0, 0.05) is 23.3 Å². The van der Waals surface area contributed by atoms with Crippen LogP contribution < -0.4 is 4.59 Å². The summed E-state index contributed by atoms with van der Waals surface area (Å²) in [6.45, 7) is 1.85. The van der Waals surface area contributed by atoms with Crippen molar-refractivity contribution in [3.8, 4) is 22.5 Å². The molecule has 258 valence electrons. The topological polar surface area (TPSA) is 82.3 Å². The Bertz CT molecular complexity index is 2360. The average Bonchev–Trinajstić information content (AvgIpc) is 3.82. The number of hydrogen-bond acceptors (Lipinski definition) is 6. The number of para-hydroxylation sites is 1. The lowest BCUT2D eigenvalue weighted by molar-refractivity contribution is -0.135. The van der Waals surface area contributed by atoms with E-state index < -0.39 is 11.5 Å². The summed E-state index contributed by atoms with van der Waals surface area (Å²) in [7, 11) is 3.39. The van der Waals surface area contributed by atoms with Gasteiger partial charge in [-0.05, 0) is 52.1 Å². The van der Waals surface area contributed by atoms with Crippen molar-refractivity contribution in [2.45, 2.75) is 12.5 Å². The Balaban J connectivity index is 1.24. The Morgan fingerprint density at radius 1 is 0.623 bits per heavy atom. The SMILES string of the molecule is COC(=O)C1=C(c2ccc(-c3ccccc3-c3nnn(C(c4ccccc4)(c4ccccc4)c4ccccc4)n3)cc2)[N+](C)(c2ccccc2)N=C1C. The van der Waals surface area contributed by atoms with Crippen molar-refractivity contribution in [3.05, 3.63) is 198 Å². The third kappa shape index (κ3) is 5.66. The van der Waals surface area contributed by atoms with Gasteiger partial charge >= 0.3 is 5.97 Å². The molecule has 0 aliphatic carbocycles. The summed E-state index contributed by atoms with van der Waals surface area (Å²) in [4.78, 5) is 14.9. The van der Waals surface area contributed by atoms with Crippen LogP contribution in [-0.4, -0.2) is 46.0 Å². The van der Waals surface area contributed by atoms with Crippen molar-refractivity contribution in [1.29, 1.82) is 0 Å². The number of esters is 1. The van der Waals surface area contributed by atoms with Crippen molar-refractivity contribution in [2.75, 3.05) is 14.2 Å². The fourth-order valence-corrected chi connectivity index (χ4v) is 7.52. The molecule has 0 saturated carbocycles. The standard InChI is InChI=1S/C45H37N6O2/c1-32-41(44(52)53-3)42(51(2,48-32)38-24-14-7-15-25-38)34-30-28-33(29-31-34)39-26-16-17-27-40(39)43-46-49-50(47-43)45(35-18-8-4-9-19-35,36-20-10-5-11-21-36)37-22-12-6-13-23-37/h4-31H,1-3H3/q+1. The van der Waals surface area contributed by atoms with Crippen LogP contribution in [0, 0.1) is 0 Å². The van der Waals surface area contributed by atoms with Crippen molar-refractivity contribution in [3.63, 3.8) is 0 Å². The maximum atomic E-state index is 13.2. The van der Waals surface area contributed by atoms with E-state index in [-0.39, 0.29) is 4.59 Å². The lowest BCUT2D eigenvalue weighted by Gasteiger charge is -2.34. The zero-order chi connectivity index (χ0) is 36.4. The minimum Gasteiger partial charge on any atom is -0.465 e. The van der Waals surface area contributed by atoms with Crippen LogP contribution in [0.5, 0.6) is 0 Å². The first-order chi connectivity index (χ1) is 25.9. The minimum absolute atomic E-state index is 0.0893. The number of benzene rings is 6. The molecule has 1 aliphatic heterocycles. The maximum Gasteiger partial charge on any atom is 0.346 e. The van der Waals surface area contributed by atoms with Crippen molar-refractivity contribution in [2.24, 2.45) is 5.10 Å². The number of carbonyl (C=O) groups is 1. The zero-order valence-corrected chi connectivity index (χ0v) is 29.7. The quantitative estimate of drug-likeness (QED) is 0.0858. The van der Waals surface area contributed by atoms with Crippen LogP contribution in [0.2, 0.25) is 0 Å². The summed E-state index contributed by atoms with van der Waals surface area (Å²) in [6.07, 6.45) is 0. The largest absolute Gasteiger partial charge is 0.465 e. The summed E-state index contributed by atoms with van der Waals surface area (Å²) >= 11 is 0. The lowest BCUT2D eigenvalue weighted by Crippen LogP contribution is -2.39. The molecule has 7 aromatic rings. The van der Waals surface area contributed by atoms with Crippen LogP contribution >= 0.6 is 0 Å². The van der Waals surface area contributed by atoms with Gasteiger partial charge in [-0.2, -0.15) is 0 Å². The number of carbonyl (C=O) groups excluding carboxylic acids is 1. The molecule has 0 amide bonds. The van der Waals surface area contributed by atoms with Crippen molar-refractivity contribution < 1.29 is 9.53 Å². The zero-order valence-electron chi connectivity index (χ0n) is 29.7. The minimum atomic E-state index is -0.887. The molecule has 0 saturated heterocycles. The maximum absolute atomic E-state index is 13.2. The molecule has 8 heteroatoms. The predicted molar refractivity (Wildman–Crippen MR) is 209 cm³/mol. The molecule has 1 unspecified atom stereocenters. The highest BCUT2D eigenvalue weighted by molar-refractivity contribution is 6.26. The Morgan fingerprint density at radius 2 is 1.09 bits per heavy atom. The van der Waals surface area contributed by atoms with Crippen LogP contribution in [0.4, 0.5) is 5.69 Å². The van der Waals surface area contributed by atoms with Gasteiger partial charge in [0.2, 0.25) is 5.82 Å². The second-order valence-corrected chi connectivity index (χ2v) is 13.0. The lowest BCUT2D eigenvalue weighted by atomic mass is 9.77. The van der Waals surface area contributed by atoms with Gasteiger partial charge < -0.3 is 4.74 Å². The van der Waals surface area contributed by atoms with E-state index in [4.69, 9.17) is 25.2 Å². The first kappa shape index (κ1) is 33.4. The second-order valence-electron chi connectivity index (χ2n) is 13.0. The van der Waals surface area contributed by atoms with Gasteiger partial charge in [-0.1, -0.05) is 151 Å². The molecule has 1 atom stereocenters. The van der Waals surface area contributed by atoms with E-state index in [1.54, 1.807) is 4.80 Å². The fraction of sp³-hybridized carbons (Fsp3) is 0.0889. The highest BCUT2D eigenvalue weighted by Gasteiger charge is 2.45. The summed E-state index contributed by atoms with van der Waals surface area (Å²) in [5.74, 6) is 0.0841. The molecule has 53 heavy (non-hydrogen) atoms. The summed E-state index contributed by atoms with van der Waals surface area (Å²) in [5.41, 5.74) is 8.54. The average molecular weight is 694 g/mol. The molecular formula is C45H37N6O2+. The third-order valence-corrected chi connectivity index (χ3v) is 9.96. The Kier molecular flexibility index (Phi) is 8.66. The first-order valence-electron chi connectivity index (χ1n) is 17.4. The van der Waals surface area contributed by atoms with Gasteiger partial charge in [-0.25, -0.2) is 4.79 Å². The number of methoxy groups -OCH3 is 1. The van der Waals surface area contributed by atoms with Crippen LogP contribution in [0.3, 0.4) is 0 Å². The summed E-state index contributed by atoms with van der Waals surface area (Å²) in [5, 5.41) is 19.6. The van der Waals surface area contributed by atoms with Gasteiger partial charge in [-0.15, -0.1) is 19.6 Å². The van der Waals surface area contributed by atoms with E-state index in [1.807, 2.05) is 129 Å². The van der Waals surface area contributed by atoms with Crippen molar-refractivity contribution >= 4 is 23.1 Å². The number of hydrogen-bond donors (Lipinski definition) is 0. The van der Waals surface area contributed by atoms with Crippen LogP contribution in [-0.2, 0) is 15.1 Å². The molecule has 1 aromatic heterocycles. The Labute approximate surface area is 308 Å². The van der Waals surface area contributed by atoms with E-state index >= 15 is 0 Å². The number of nitrogens with zero attached hydrogens (tertiary/aromatic N) is 6. The number of aromatic nitrogens is 4. The van der Waals surface area contributed by atoms with E-state index in [1.165, 1.54) is 7.11 Å². The van der Waals surface area contributed by atoms with Gasteiger partial charge in [0.1, 0.15) is 12.8 Å². The highest BCUT2D eigenvalue weighted by atomic mass is 16.5. The van der Waals surface area contributed by atoms with E-state index in [0.717, 1.165) is 50.3 Å². The molecule has 0 N–H and O–H groups in total. The molecule has 1 aliphatic rings. The van der Waals surface area contributed by atoms with Crippen LogP contribution in [0.25, 0.3) is 28.2 Å². The third-order valence-electron chi connectivity index (χ3n) is 9.96. The second kappa shape index (κ2) is 13.7. The van der Waals surface area contributed by atoms with Crippen molar-refractivity contribution in [1.82, 2.24) is 24.8 Å². The van der Waals surface area contributed by atoms with Gasteiger partial charge in [0.05, 0.1) is 7.11 Å². The molecular weight excluding hydrogens is 657 g/mol. The Morgan fingerprint density at radius 3 is 1.62 bits per heavy atom. The van der Waals surface area contributed by atoms with Gasteiger partial charge in [0.15, 0.2) is 22.5 Å². The normalized spacial score (nSPS) is 15.6. The molecule has 8 rings (SSSR count). The first-order valence-corrected chi connectivity index (χ1v) is 17.4. The molecule has 0 fully saturated rings. The number of ether oxygens (including phenoxy) is 1. The molecule has 6 aromatic carbocycles. The molecule has 0 spiro atoms. The predicted octanol–water partition coefficient (Wildman–Crippen LogP) is 8.76. The number of rotatable bonds is 9. The van der Waals surface area contributed by atoms with E-state index in [9.17, 15) is 4.79 Å². The van der Waals surface area contributed by atoms with E-state index in [0.29, 0.717) is 17.1 Å². The molecule has 0 bridgehead atoms. The van der Waals surface area contributed by atoms with Gasteiger partial charge in [0.25, 0.3) is 0 Å². The molecule has 0 radical (unpaired) electrons. The highest BCUT2D eigenvalue weighted by Crippen LogP contribution is 2.43. The number of quaternary nitrogens is 1. The summed E-state index contributed by atoms with van der Waals surface area (Å²) in [6, 6.07) is 57.2. The smallest absolute Gasteiger partial charge is 0.346 e. The van der Waals surface area contributed by atoms with Crippen LogP contribution in [0.1, 0.15) is 29.2 Å². The van der Waals surface area contributed by atoms with E-state index in [2.05, 4.69) is 54.6 Å². The molecule has 2 heterocycles.